The van der Waals surface area contributed by atoms with E-state index in [9.17, 15) is 9.59 Å². The molecule has 1 aromatic heterocycles. The van der Waals surface area contributed by atoms with Crippen molar-refractivity contribution >= 4 is 35.0 Å². The topological polar surface area (TPSA) is 112 Å². The molecule has 2 aliphatic heterocycles. The summed E-state index contributed by atoms with van der Waals surface area (Å²) >= 11 is 0. The van der Waals surface area contributed by atoms with E-state index in [0.717, 1.165) is 44.6 Å². The van der Waals surface area contributed by atoms with E-state index < -0.39 is 0 Å². The molecule has 10 heteroatoms. The number of methoxy groups -OCH3 is 1. The highest BCUT2D eigenvalue weighted by Crippen LogP contribution is 2.38. The minimum atomic E-state index is -0.241. The van der Waals surface area contributed by atoms with Crippen molar-refractivity contribution in [3.05, 3.63) is 30.0 Å². The molecule has 3 N–H and O–H groups in total. The maximum absolute atomic E-state index is 12.9. The van der Waals surface area contributed by atoms with Gasteiger partial charge in [0.1, 0.15) is 17.5 Å². The van der Waals surface area contributed by atoms with Gasteiger partial charge in [-0.15, -0.1) is 0 Å². The number of piperidine rings is 1. The molecule has 2 amide bonds. The molecule has 0 spiro atoms. The summed E-state index contributed by atoms with van der Waals surface area (Å²) in [6, 6.07) is 5.59. The summed E-state index contributed by atoms with van der Waals surface area (Å²) < 4.78 is 5.60. The summed E-state index contributed by atoms with van der Waals surface area (Å²) in [4.78, 5) is 39.4. The molecule has 0 unspecified atom stereocenters. The molecule has 1 aromatic carbocycles. The van der Waals surface area contributed by atoms with Crippen molar-refractivity contribution in [2.75, 3.05) is 42.8 Å². The molecule has 2 fully saturated rings. The van der Waals surface area contributed by atoms with Crippen LogP contribution in [0.1, 0.15) is 62.2 Å². The molecule has 198 valence electrons. The smallest absolute Gasteiger partial charge is 0.251 e. The molecule has 37 heavy (non-hydrogen) atoms. The average Bonchev–Trinajstić information content (AvgIpc) is 3.44. The number of hydrogen-bond acceptors (Lipinski definition) is 8. The van der Waals surface area contributed by atoms with E-state index in [0.29, 0.717) is 41.1 Å². The predicted octanol–water partition coefficient (Wildman–Crippen LogP) is 3.53. The third-order valence-electron chi connectivity index (χ3n) is 7.78. The van der Waals surface area contributed by atoms with Crippen molar-refractivity contribution < 1.29 is 14.3 Å². The van der Waals surface area contributed by atoms with Gasteiger partial charge >= 0.3 is 0 Å². The number of aromatic nitrogens is 2. The second-order valence-corrected chi connectivity index (χ2v) is 10.3. The highest BCUT2D eigenvalue weighted by Gasteiger charge is 2.38. The first-order valence-corrected chi connectivity index (χ1v) is 13.4. The van der Waals surface area contributed by atoms with Crippen molar-refractivity contribution in [2.45, 2.75) is 70.0 Å². The van der Waals surface area contributed by atoms with Crippen LogP contribution in [0.2, 0.25) is 0 Å². The highest BCUT2D eigenvalue weighted by molar-refractivity contribution is 6.03. The number of carbonyl (C=O) groups excluding carboxylic acids is 2. The number of nitrogens with one attached hydrogen (secondary N) is 3. The van der Waals surface area contributed by atoms with Gasteiger partial charge in [-0.05, 0) is 70.4 Å². The molecule has 0 bridgehead atoms. The monoisotopic (exact) mass is 507 g/mol. The van der Waals surface area contributed by atoms with E-state index >= 15 is 0 Å². The normalized spacial score (nSPS) is 20.9. The van der Waals surface area contributed by atoms with Gasteiger partial charge in [-0.25, -0.2) is 4.98 Å². The van der Waals surface area contributed by atoms with Crippen molar-refractivity contribution in [1.82, 2.24) is 20.2 Å². The van der Waals surface area contributed by atoms with Gasteiger partial charge in [-0.2, -0.15) is 4.98 Å². The van der Waals surface area contributed by atoms with Gasteiger partial charge in [0, 0.05) is 17.6 Å². The fourth-order valence-corrected chi connectivity index (χ4v) is 5.68. The number of benzene rings is 1. The minimum Gasteiger partial charge on any atom is -0.495 e. The van der Waals surface area contributed by atoms with Gasteiger partial charge in [0.25, 0.3) is 5.91 Å². The van der Waals surface area contributed by atoms with Crippen LogP contribution in [0.25, 0.3) is 0 Å². The lowest BCUT2D eigenvalue weighted by molar-refractivity contribution is -0.117. The van der Waals surface area contributed by atoms with Gasteiger partial charge < -0.3 is 30.5 Å². The Labute approximate surface area is 218 Å². The maximum atomic E-state index is 12.9. The Kier molecular flexibility index (Phi) is 7.45. The second-order valence-electron chi connectivity index (χ2n) is 10.3. The van der Waals surface area contributed by atoms with Crippen molar-refractivity contribution in [1.29, 1.82) is 0 Å². The molecule has 5 rings (SSSR count). The molecular weight excluding hydrogens is 470 g/mol. The third kappa shape index (κ3) is 5.34. The number of likely N-dealkylation sites (tertiary alicyclic amines) is 1. The quantitative estimate of drug-likeness (QED) is 0.522. The Bertz CT molecular complexity index is 1140. The van der Waals surface area contributed by atoms with E-state index in [1.807, 2.05) is 13.0 Å². The number of nitrogens with zero attached hydrogens (tertiary/aromatic N) is 4. The molecule has 10 nitrogen and oxygen atoms in total. The number of amides is 2. The molecule has 2 aromatic rings. The SMILES string of the molecule is CC[C@@H]1C(=O)Nc2cnc(Nc3ccc(C(=O)NC4CCN(C)CC4)cc3OC)nc2N1C1CCCC1. The van der Waals surface area contributed by atoms with Crippen LogP contribution in [0.3, 0.4) is 0 Å². The lowest BCUT2D eigenvalue weighted by Crippen LogP contribution is -2.52. The van der Waals surface area contributed by atoms with Crippen LogP contribution in [-0.4, -0.2) is 72.1 Å². The zero-order chi connectivity index (χ0) is 25.9. The maximum Gasteiger partial charge on any atom is 0.251 e. The summed E-state index contributed by atoms with van der Waals surface area (Å²) in [5, 5.41) is 9.38. The van der Waals surface area contributed by atoms with Gasteiger partial charge in [0.15, 0.2) is 5.82 Å². The van der Waals surface area contributed by atoms with Gasteiger partial charge in [0.2, 0.25) is 11.9 Å². The molecular formula is C27H37N7O3. The van der Waals surface area contributed by atoms with E-state index in [-0.39, 0.29) is 23.9 Å². The van der Waals surface area contributed by atoms with Crippen LogP contribution >= 0.6 is 0 Å². The lowest BCUT2D eigenvalue weighted by atomic mass is 10.0. The van der Waals surface area contributed by atoms with Gasteiger partial charge in [-0.3, -0.25) is 9.59 Å². The fraction of sp³-hybridized carbons (Fsp3) is 0.556. The summed E-state index contributed by atoms with van der Waals surface area (Å²) in [6.45, 7) is 4.00. The van der Waals surface area contributed by atoms with E-state index in [2.05, 4.69) is 37.8 Å². The van der Waals surface area contributed by atoms with E-state index in [1.165, 1.54) is 12.8 Å². The molecule has 3 heterocycles. The van der Waals surface area contributed by atoms with Crippen LogP contribution in [0.15, 0.2) is 24.4 Å². The van der Waals surface area contributed by atoms with E-state index in [1.54, 1.807) is 25.4 Å². The summed E-state index contributed by atoms with van der Waals surface area (Å²) in [7, 11) is 3.68. The first-order chi connectivity index (χ1) is 18.0. The molecule has 3 aliphatic rings. The number of fused-ring (bicyclic) bond motifs is 1. The summed E-state index contributed by atoms with van der Waals surface area (Å²) in [6.07, 6.45) is 8.72. The zero-order valence-corrected chi connectivity index (χ0v) is 21.9. The number of hydrogen-bond donors (Lipinski definition) is 3. The van der Waals surface area contributed by atoms with Gasteiger partial charge in [-0.1, -0.05) is 19.8 Å². The Balaban J connectivity index is 1.35. The van der Waals surface area contributed by atoms with Crippen molar-refractivity contribution in [3.63, 3.8) is 0 Å². The Morgan fingerprint density at radius 1 is 1.19 bits per heavy atom. The third-order valence-corrected chi connectivity index (χ3v) is 7.78. The molecule has 1 saturated carbocycles. The van der Waals surface area contributed by atoms with Crippen LogP contribution < -0.4 is 25.6 Å². The molecule has 1 atom stereocenters. The first-order valence-electron chi connectivity index (χ1n) is 13.4. The van der Waals surface area contributed by atoms with Crippen LogP contribution in [-0.2, 0) is 4.79 Å². The fourth-order valence-electron chi connectivity index (χ4n) is 5.68. The number of ether oxygens (including phenoxy) is 1. The van der Waals surface area contributed by atoms with E-state index in [4.69, 9.17) is 9.72 Å². The Hall–Kier alpha value is -3.40. The summed E-state index contributed by atoms with van der Waals surface area (Å²) in [5.41, 5.74) is 1.85. The molecule has 1 saturated heterocycles. The lowest BCUT2D eigenvalue weighted by Gasteiger charge is -2.40. The van der Waals surface area contributed by atoms with Crippen molar-refractivity contribution in [2.24, 2.45) is 0 Å². The van der Waals surface area contributed by atoms with Crippen LogP contribution in [0.4, 0.5) is 23.1 Å². The Morgan fingerprint density at radius 2 is 1.95 bits per heavy atom. The Morgan fingerprint density at radius 3 is 2.65 bits per heavy atom. The predicted molar refractivity (Wildman–Crippen MR) is 144 cm³/mol. The minimum absolute atomic E-state index is 0.00184. The van der Waals surface area contributed by atoms with Crippen molar-refractivity contribution in [3.8, 4) is 5.75 Å². The standard InChI is InChI=1S/C27H37N7O3/c1-4-22-26(36)30-21-16-28-27(32-24(21)34(22)19-7-5-6-8-19)31-20-10-9-17(15-23(20)37-3)25(35)29-18-11-13-33(2)14-12-18/h9-10,15-16,18-19,22H,4-8,11-14H2,1-3H3,(H,29,35)(H,30,36)(H,28,31,32)/t22-/m1/s1. The average molecular weight is 508 g/mol. The van der Waals surface area contributed by atoms with Crippen LogP contribution in [0, 0.1) is 0 Å². The summed E-state index contributed by atoms with van der Waals surface area (Å²) in [5.74, 6) is 1.60. The molecule has 0 radical (unpaired) electrons. The zero-order valence-electron chi connectivity index (χ0n) is 21.9. The van der Waals surface area contributed by atoms with Crippen LogP contribution in [0.5, 0.6) is 5.75 Å². The number of rotatable bonds is 7. The van der Waals surface area contributed by atoms with Gasteiger partial charge in [0.05, 0.1) is 19.0 Å². The second kappa shape index (κ2) is 10.9. The number of carbonyl (C=O) groups is 2. The largest absolute Gasteiger partial charge is 0.495 e. The molecule has 1 aliphatic carbocycles. The number of anilines is 4. The highest BCUT2D eigenvalue weighted by atomic mass is 16.5. The first kappa shape index (κ1) is 25.3.